The number of nitrogens with zero attached hydrogens (tertiary/aromatic N) is 1. The second-order valence-electron chi connectivity index (χ2n) is 6.46. The molecule has 1 fully saturated rings. The fourth-order valence-corrected chi connectivity index (χ4v) is 3.18. The van der Waals surface area contributed by atoms with Gasteiger partial charge in [-0.2, -0.15) is 13.2 Å². The maximum Gasteiger partial charge on any atom is 0.420 e. The molecule has 2 rings (SSSR count). The molecule has 1 aromatic rings. The van der Waals surface area contributed by atoms with Gasteiger partial charge in [0.1, 0.15) is 23.2 Å². The lowest BCUT2D eigenvalue weighted by Gasteiger charge is -2.43. The van der Waals surface area contributed by atoms with E-state index in [9.17, 15) is 18.0 Å². The van der Waals surface area contributed by atoms with Crippen LogP contribution in [0.1, 0.15) is 41.9 Å². The number of furan rings is 1. The van der Waals surface area contributed by atoms with Gasteiger partial charge in [-0.15, -0.1) is 0 Å². The van der Waals surface area contributed by atoms with Crippen LogP contribution in [0.4, 0.5) is 13.2 Å². The molecule has 1 unspecified atom stereocenters. The van der Waals surface area contributed by atoms with E-state index in [1.807, 2.05) is 18.7 Å². The largest absolute Gasteiger partial charge is 0.478 e. The minimum Gasteiger partial charge on any atom is -0.478 e. The zero-order valence-electron chi connectivity index (χ0n) is 13.2. The summed E-state index contributed by atoms with van der Waals surface area (Å²) in [7, 11) is 1.63. The van der Waals surface area contributed by atoms with Gasteiger partial charge in [0, 0.05) is 25.6 Å². The van der Waals surface area contributed by atoms with Crippen molar-refractivity contribution < 1.29 is 32.2 Å². The molecule has 1 aliphatic heterocycles. The number of hydrogen-bond acceptors (Lipinski definition) is 4. The summed E-state index contributed by atoms with van der Waals surface area (Å²) < 4.78 is 49.0. The normalized spacial score (nSPS) is 22.3. The Bertz CT molecular complexity index is 580. The Balaban J connectivity index is 2.22. The minimum atomic E-state index is -4.75. The lowest BCUT2D eigenvalue weighted by molar-refractivity contribution is -0.138. The molecule has 0 saturated carbocycles. The molecule has 130 valence electrons. The Morgan fingerprint density at radius 2 is 2.17 bits per heavy atom. The van der Waals surface area contributed by atoms with Crippen molar-refractivity contribution in [2.45, 2.75) is 39.1 Å². The van der Waals surface area contributed by atoms with Gasteiger partial charge in [0.05, 0.1) is 12.6 Å². The zero-order chi connectivity index (χ0) is 17.4. The molecule has 8 heteroatoms. The number of piperidine rings is 1. The topological polar surface area (TPSA) is 62.9 Å². The summed E-state index contributed by atoms with van der Waals surface area (Å²) >= 11 is 0. The number of carboxylic acid groups (broad SMARTS) is 1. The second kappa shape index (κ2) is 6.16. The molecular formula is C15H20F3NO4. The van der Waals surface area contributed by atoms with Gasteiger partial charge in [-0.3, -0.25) is 4.90 Å². The van der Waals surface area contributed by atoms with Crippen LogP contribution in [0.3, 0.4) is 0 Å². The van der Waals surface area contributed by atoms with Crippen LogP contribution in [-0.2, 0) is 17.5 Å². The van der Waals surface area contributed by atoms with Crippen molar-refractivity contribution in [3.63, 3.8) is 0 Å². The van der Waals surface area contributed by atoms with Crippen LogP contribution in [0.2, 0.25) is 0 Å². The molecule has 1 aromatic heterocycles. The van der Waals surface area contributed by atoms with E-state index in [0.717, 1.165) is 6.42 Å². The first-order valence-corrected chi connectivity index (χ1v) is 7.22. The molecule has 2 heterocycles. The van der Waals surface area contributed by atoms with Crippen molar-refractivity contribution >= 4 is 5.97 Å². The maximum atomic E-state index is 12.9. The summed E-state index contributed by atoms with van der Waals surface area (Å²) in [6.45, 7) is 5.22. The van der Waals surface area contributed by atoms with Gasteiger partial charge in [0.25, 0.3) is 0 Å². The van der Waals surface area contributed by atoms with Crippen molar-refractivity contribution in [3.8, 4) is 0 Å². The Morgan fingerprint density at radius 3 is 2.65 bits per heavy atom. The third-order valence-electron chi connectivity index (χ3n) is 4.25. The zero-order valence-corrected chi connectivity index (χ0v) is 13.2. The van der Waals surface area contributed by atoms with Crippen LogP contribution in [0, 0.1) is 5.41 Å². The summed E-state index contributed by atoms with van der Waals surface area (Å²) in [4.78, 5) is 13.1. The standard InChI is InChI=1S/C15H20F3NO4/c1-14(2)8-19(5-4-11(14)22-3)6-10-12(13(20)21)9(7-23-10)15(16,17)18/h7,11H,4-6,8H2,1-3H3,(H,20,21). The van der Waals surface area contributed by atoms with Crippen LogP contribution in [0.15, 0.2) is 10.7 Å². The van der Waals surface area contributed by atoms with Gasteiger partial charge >= 0.3 is 12.1 Å². The van der Waals surface area contributed by atoms with Gasteiger partial charge in [-0.25, -0.2) is 4.79 Å². The van der Waals surface area contributed by atoms with Gasteiger partial charge in [-0.05, 0) is 6.42 Å². The number of hydrogen-bond donors (Lipinski definition) is 1. The number of aromatic carboxylic acids is 1. The highest BCUT2D eigenvalue weighted by Crippen LogP contribution is 2.36. The Morgan fingerprint density at radius 1 is 1.52 bits per heavy atom. The smallest absolute Gasteiger partial charge is 0.420 e. The first kappa shape index (κ1) is 17.8. The van der Waals surface area contributed by atoms with Crippen LogP contribution >= 0.6 is 0 Å². The first-order chi connectivity index (χ1) is 10.6. The molecule has 0 aromatic carbocycles. The van der Waals surface area contributed by atoms with Gasteiger partial charge < -0.3 is 14.3 Å². The molecule has 0 aliphatic carbocycles. The SMILES string of the molecule is COC1CCN(Cc2occ(C(F)(F)F)c2C(=O)O)CC1(C)C. The number of carbonyl (C=O) groups is 1. The second-order valence-corrected chi connectivity index (χ2v) is 6.46. The van der Waals surface area contributed by atoms with Crippen molar-refractivity contribution in [1.29, 1.82) is 0 Å². The molecule has 23 heavy (non-hydrogen) atoms. The van der Waals surface area contributed by atoms with Crippen LogP contribution < -0.4 is 0 Å². The molecule has 1 saturated heterocycles. The van der Waals surface area contributed by atoms with E-state index in [1.165, 1.54) is 0 Å². The summed E-state index contributed by atoms with van der Waals surface area (Å²) in [5.74, 6) is -1.80. The van der Waals surface area contributed by atoms with Crippen LogP contribution in [-0.4, -0.2) is 42.3 Å². The number of likely N-dealkylation sites (tertiary alicyclic amines) is 1. The summed E-state index contributed by atoms with van der Waals surface area (Å²) in [6.07, 6.45) is -3.50. The van der Waals surface area contributed by atoms with E-state index < -0.39 is 23.3 Å². The van der Waals surface area contributed by atoms with Crippen LogP contribution in [0.5, 0.6) is 0 Å². The monoisotopic (exact) mass is 335 g/mol. The van der Waals surface area contributed by atoms with Crippen LogP contribution in [0.25, 0.3) is 0 Å². The molecule has 0 amide bonds. The van der Waals surface area contributed by atoms with Crippen molar-refractivity contribution in [1.82, 2.24) is 4.90 Å². The lowest BCUT2D eigenvalue weighted by atomic mass is 9.81. The van der Waals surface area contributed by atoms with Gasteiger partial charge in [0.15, 0.2) is 0 Å². The summed E-state index contributed by atoms with van der Waals surface area (Å²) in [5, 5.41) is 9.11. The molecule has 1 atom stereocenters. The Kier molecular flexibility index (Phi) is 4.77. The summed E-state index contributed by atoms with van der Waals surface area (Å²) in [5.41, 5.74) is -2.23. The predicted octanol–water partition coefficient (Wildman–Crippen LogP) is 3.24. The van der Waals surface area contributed by atoms with Crippen molar-refractivity contribution in [2.75, 3.05) is 20.2 Å². The third-order valence-corrected chi connectivity index (χ3v) is 4.25. The van der Waals surface area contributed by atoms with Gasteiger partial charge in [-0.1, -0.05) is 13.8 Å². The molecule has 1 aliphatic rings. The summed E-state index contributed by atoms with van der Waals surface area (Å²) in [6, 6.07) is 0. The van der Waals surface area contributed by atoms with E-state index in [1.54, 1.807) is 7.11 Å². The number of ether oxygens (including phenoxy) is 1. The van der Waals surface area contributed by atoms with E-state index in [-0.39, 0.29) is 23.8 Å². The van der Waals surface area contributed by atoms with Gasteiger partial charge in [0.2, 0.25) is 0 Å². The first-order valence-electron chi connectivity index (χ1n) is 7.22. The number of halogens is 3. The van der Waals surface area contributed by atoms with Crippen molar-refractivity contribution in [3.05, 3.63) is 23.2 Å². The maximum absolute atomic E-state index is 12.9. The average molecular weight is 335 g/mol. The molecule has 0 bridgehead atoms. The molecule has 1 N–H and O–H groups in total. The van der Waals surface area contributed by atoms with E-state index >= 15 is 0 Å². The third kappa shape index (κ3) is 3.69. The highest BCUT2D eigenvalue weighted by molar-refractivity contribution is 5.90. The van der Waals surface area contributed by atoms with E-state index in [2.05, 4.69) is 0 Å². The fraction of sp³-hybridized carbons (Fsp3) is 0.667. The number of alkyl halides is 3. The van der Waals surface area contributed by atoms with Crippen molar-refractivity contribution in [2.24, 2.45) is 5.41 Å². The fourth-order valence-electron chi connectivity index (χ4n) is 3.18. The predicted molar refractivity (Wildman–Crippen MR) is 75.1 cm³/mol. The number of methoxy groups -OCH3 is 1. The molecule has 5 nitrogen and oxygen atoms in total. The highest BCUT2D eigenvalue weighted by Gasteiger charge is 2.41. The van der Waals surface area contributed by atoms with E-state index in [4.69, 9.17) is 14.3 Å². The highest BCUT2D eigenvalue weighted by atomic mass is 19.4. The number of rotatable bonds is 4. The van der Waals surface area contributed by atoms with E-state index in [0.29, 0.717) is 19.4 Å². The molecular weight excluding hydrogens is 315 g/mol. The molecule has 0 radical (unpaired) electrons. The average Bonchev–Trinajstić information content (AvgIpc) is 2.81. The molecule has 0 spiro atoms. The Labute approximate surface area is 132 Å². The Hall–Kier alpha value is -1.54. The number of carboxylic acids is 1. The lowest BCUT2D eigenvalue weighted by Crippen LogP contribution is -2.49. The quantitative estimate of drug-likeness (QED) is 0.915. The minimum absolute atomic E-state index is 0.0254.